The Hall–Kier alpha value is -1.26. The fourth-order valence-electron chi connectivity index (χ4n) is 2.67. The van der Waals surface area contributed by atoms with Crippen LogP contribution in [0.5, 0.6) is 11.5 Å². The van der Waals surface area contributed by atoms with Gasteiger partial charge in [0.05, 0.1) is 0 Å². The van der Waals surface area contributed by atoms with Gasteiger partial charge in [-0.1, -0.05) is 18.9 Å². The average molecular weight is 251 g/mol. The van der Waals surface area contributed by atoms with Crippen LogP contribution in [0.2, 0.25) is 0 Å². The van der Waals surface area contributed by atoms with Gasteiger partial charge in [0.25, 0.3) is 0 Å². The summed E-state index contributed by atoms with van der Waals surface area (Å²) < 4.78 is 0. The van der Waals surface area contributed by atoms with Crippen molar-refractivity contribution in [1.82, 2.24) is 5.32 Å². The summed E-state index contributed by atoms with van der Waals surface area (Å²) >= 11 is 0. The molecule has 1 aliphatic carbocycles. The van der Waals surface area contributed by atoms with E-state index in [0.717, 1.165) is 24.9 Å². The van der Waals surface area contributed by atoms with Gasteiger partial charge >= 0.3 is 0 Å². The standard InChI is InChI=1S/C14H21NO3/c16-10-14(5-1-2-6-14)9-15-8-11-3-4-12(17)13(18)7-11/h3-4,7,15-18H,1-2,5-6,8-10H2. The Morgan fingerprint density at radius 3 is 2.44 bits per heavy atom. The Morgan fingerprint density at radius 1 is 1.11 bits per heavy atom. The summed E-state index contributed by atoms with van der Waals surface area (Å²) in [5.74, 6) is -0.187. The third kappa shape index (κ3) is 2.94. The van der Waals surface area contributed by atoms with E-state index in [4.69, 9.17) is 0 Å². The maximum absolute atomic E-state index is 9.48. The lowest BCUT2D eigenvalue weighted by Crippen LogP contribution is -2.34. The summed E-state index contributed by atoms with van der Waals surface area (Å²) in [7, 11) is 0. The number of nitrogens with one attached hydrogen (secondary N) is 1. The summed E-state index contributed by atoms with van der Waals surface area (Å²) in [6, 6.07) is 4.83. The van der Waals surface area contributed by atoms with Gasteiger partial charge in [-0.15, -0.1) is 0 Å². The van der Waals surface area contributed by atoms with Gasteiger partial charge in [0, 0.05) is 25.1 Å². The molecule has 0 spiro atoms. The third-order valence-corrected chi connectivity index (χ3v) is 3.87. The number of hydrogen-bond acceptors (Lipinski definition) is 4. The first-order valence-electron chi connectivity index (χ1n) is 6.48. The van der Waals surface area contributed by atoms with Crippen LogP contribution in [-0.4, -0.2) is 28.5 Å². The van der Waals surface area contributed by atoms with Gasteiger partial charge in [-0.3, -0.25) is 0 Å². The second-order valence-electron chi connectivity index (χ2n) is 5.29. The fraction of sp³-hybridized carbons (Fsp3) is 0.571. The van der Waals surface area contributed by atoms with Crippen LogP contribution < -0.4 is 5.32 Å². The van der Waals surface area contributed by atoms with E-state index in [1.165, 1.54) is 18.9 Å². The van der Waals surface area contributed by atoms with Crippen LogP contribution in [0.25, 0.3) is 0 Å². The molecule has 1 aliphatic rings. The van der Waals surface area contributed by atoms with Crippen LogP contribution in [0.4, 0.5) is 0 Å². The van der Waals surface area contributed by atoms with E-state index in [9.17, 15) is 15.3 Å². The topological polar surface area (TPSA) is 72.7 Å². The molecule has 0 atom stereocenters. The SMILES string of the molecule is OCC1(CNCc2ccc(O)c(O)c2)CCCC1. The number of aromatic hydroxyl groups is 2. The third-order valence-electron chi connectivity index (χ3n) is 3.87. The molecule has 0 radical (unpaired) electrons. The Morgan fingerprint density at radius 2 is 1.83 bits per heavy atom. The highest BCUT2D eigenvalue weighted by molar-refractivity contribution is 5.40. The molecule has 2 rings (SSSR count). The first-order chi connectivity index (χ1) is 8.65. The second-order valence-corrected chi connectivity index (χ2v) is 5.29. The van der Waals surface area contributed by atoms with Gasteiger partial charge in [0.15, 0.2) is 11.5 Å². The highest BCUT2D eigenvalue weighted by Crippen LogP contribution is 2.37. The largest absolute Gasteiger partial charge is 0.504 e. The summed E-state index contributed by atoms with van der Waals surface area (Å²) in [5, 5.41) is 31.4. The van der Waals surface area contributed by atoms with Gasteiger partial charge < -0.3 is 20.6 Å². The fourth-order valence-corrected chi connectivity index (χ4v) is 2.67. The molecule has 0 amide bonds. The van der Waals surface area contributed by atoms with Crippen molar-refractivity contribution in [3.63, 3.8) is 0 Å². The van der Waals surface area contributed by atoms with Gasteiger partial charge in [0.2, 0.25) is 0 Å². The zero-order valence-corrected chi connectivity index (χ0v) is 10.5. The molecule has 0 saturated heterocycles. The molecule has 4 nitrogen and oxygen atoms in total. The maximum atomic E-state index is 9.48. The predicted octanol–water partition coefficient (Wildman–Crippen LogP) is 1.74. The van der Waals surface area contributed by atoms with Crippen molar-refractivity contribution in [2.24, 2.45) is 5.41 Å². The van der Waals surface area contributed by atoms with Crippen molar-refractivity contribution in [3.8, 4) is 11.5 Å². The van der Waals surface area contributed by atoms with E-state index in [-0.39, 0.29) is 23.5 Å². The smallest absolute Gasteiger partial charge is 0.157 e. The maximum Gasteiger partial charge on any atom is 0.157 e. The molecule has 0 aliphatic heterocycles. The number of aliphatic hydroxyl groups is 1. The molecule has 1 aromatic rings. The molecule has 1 aromatic carbocycles. The monoisotopic (exact) mass is 251 g/mol. The van der Waals surface area contributed by atoms with E-state index >= 15 is 0 Å². The Balaban J connectivity index is 1.86. The van der Waals surface area contributed by atoms with Crippen molar-refractivity contribution in [2.45, 2.75) is 32.2 Å². The number of phenols is 2. The predicted molar refractivity (Wildman–Crippen MR) is 69.5 cm³/mol. The molecular weight excluding hydrogens is 230 g/mol. The van der Waals surface area contributed by atoms with Crippen LogP contribution in [0.15, 0.2) is 18.2 Å². The summed E-state index contributed by atoms with van der Waals surface area (Å²) in [5.41, 5.74) is 0.968. The molecule has 0 unspecified atom stereocenters. The number of rotatable bonds is 5. The zero-order valence-electron chi connectivity index (χ0n) is 10.5. The lowest BCUT2D eigenvalue weighted by Gasteiger charge is -2.26. The molecule has 18 heavy (non-hydrogen) atoms. The van der Waals surface area contributed by atoms with Gasteiger partial charge in [0.1, 0.15) is 0 Å². The highest BCUT2D eigenvalue weighted by Gasteiger charge is 2.32. The molecule has 4 N–H and O–H groups in total. The van der Waals surface area contributed by atoms with Gasteiger partial charge in [-0.25, -0.2) is 0 Å². The van der Waals surface area contributed by atoms with Crippen molar-refractivity contribution in [2.75, 3.05) is 13.2 Å². The van der Waals surface area contributed by atoms with Crippen LogP contribution in [0.3, 0.4) is 0 Å². The van der Waals surface area contributed by atoms with Crippen LogP contribution >= 0.6 is 0 Å². The Labute approximate surface area is 107 Å². The summed E-state index contributed by atoms with van der Waals surface area (Å²) in [6.07, 6.45) is 4.55. The minimum Gasteiger partial charge on any atom is -0.504 e. The van der Waals surface area contributed by atoms with Gasteiger partial charge in [-0.2, -0.15) is 0 Å². The minimum atomic E-state index is -0.0960. The highest BCUT2D eigenvalue weighted by atomic mass is 16.3. The minimum absolute atomic E-state index is 0.0406. The first-order valence-corrected chi connectivity index (χ1v) is 6.48. The lowest BCUT2D eigenvalue weighted by atomic mass is 9.87. The molecule has 100 valence electrons. The number of phenolic OH excluding ortho intramolecular Hbond substituents is 2. The zero-order chi connectivity index (χ0) is 13.0. The lowest BCUT2D eigenvalue weighted by molar-refractivity contribution is 0.128. The molecule has 0 aromatic heterocycles. The normalized spacial score (nSPS) is 18.1. The number of hydrogen-bond donors (Lipinski definition) is 4. The molecule has 4 heteroatoms. The molecule has 0 bridgehead atoms. The van der Waals surface area contributed by atoms with E-state index in [2.05, 4.69) is 5.32 Å². The summed E-state index contributed by atoms with van der Waals surface area (Å²) in [6.45, 7) is 1.67. The van der Waals surface area contributed by atoms with Crippen LogP contribution in [0.1, 0.15) is 31.2 Å². The Bertz CT molecular complexity index is 400. The van der Waals surface area contributed by atoms with E-state index < -0.39 is 0 Å². The number of benzene rings is 1. The van der Waals surface area contributed by atoms with Crippen molar-refractivity contribution < 1.29 is 15.3 Å². The van der Waals surface area contributed by atoms with Crippen molar-refractivity contribution in [3.05, 3.63) is 23.8 Å². The quantitative estimate of drug-likeness (QED) is 0.601. The molecule has 0 heterocycles. The van der Waals surface area contributed by atoms with E-state index in [1.54, 1.807) is 12.1 Å². The molecule has 1 fully saturated rings. The van der Waals surface area contributed by atoms with Gasteiger partial charge in [-0.05, 0) is 30.5 Å². The first kappa shape index (κ1) is 13.2. The van der Waals surface area contributed by atoms with E-state index in [1.807, 2.05) is 0 Å². The van der Waals surface area contributed by atoms with Crippen molar-refractivity contribution in [1.29, 1.82) is 0 Å². The van der Waals surface area contributed by atoms with Crippen LogP contribution in [0, 0.1) is 5.41 Å². The average Bonchev–Trinajstić information content (AvgIpc) is 2.83. The molecular formula is C14H21NO3. The number of aliphatic hydroxyl groups excluding tert-OH is 1. The summed E-state index contributed by atoms with van der Waals surface area (Å²) in [4.78, 5) is 0. The Kier molecular flexibility index (Phi) is 4.09. The molecule has 1 saturated carbocycles. The van der Waals surface area contributed by atoms with E-state index in [0.29, 0.717) is 6.54 Å². The second kappa shape index (κ2) is 5.59. The van der Waals surface area contributed by atoms with Crippen molar-refractivity contribution >= 4 is 0 Å². The van der Waals surface area contributed by atoms with Crippen LogP contribution in [-0.2, 0) is 6.54 Å².